The van der Waals surface area contributed by atoms with E-state index in [2.05, 4.69) is 9.97 Å². The molecule has 0 amide bonds. The smallest absolute Gasteiger partial charge is 0.254 e. The Balaban J connectivity index is 2.52. The molecule has 1 rings (SSSR count). The summed E-state index contributed by atoms with van der Waals surface area (Å²) in [6.07, 6.45) is 1.59. The highest BCUT2D eigenvalue weighted by Gasteiger charge is 2.17. The minimum atomic E-state index is -0.625. The number of rotatable bonds is 5. The van der Waals surface area contributed by atoms with Crippen LogP contribution in [0.5, 0.6) is 5.88 Å². The van der Waals surface area contributed by atoms with Gasteiger partial charge in [-0.3, -0.25) is 0 Å². The van der Waals surface area contributed by atoms with Gasteiger partial charge in [0.05, 0.1) is 18.4 Å². The highest BCUT2D eigenvalue weighted by molar-refractivity contribution is 6.28. The minimum Gasteiger partial charge on any atom is -0.475 e. The molecule has 0 aromatic carbocycles. The van der Waals surface area contributed by atoms with Gasteiger partial charge in [0.15, 0.2) is 0 Å². The highest BCUT2D eigenvalue weighted by Crippen LogP contribution is 2.17. The molecular weight excluding hydrogens is 235 g/mol. The zero-order chi connectivity index (χ0) is 12.2. The second kappa shape index (κ2) is 5.41. The monoisotopic (exact) mass is 248 g/mol. The third kappa shape index (κ3) is 3.90. The first-order valence-electron chi connectivity index (χ1n) is 4.80. The molecule has 16 heavy (non-hydrogen) atoms. The summed E-state index contributed by atoms with van der Waals surface area (Å²) >= 11 is 5.52. The first-order valence-corrected chi connectivity index (χ1v) is 5.18. The summed E-state index contributed by atoms with van der Waals surface area (Å²) in [4.78, 5) is 7.12. The molecule has 0 saturated carbocycles. The molecule has 0 saturated heterocycles. The summed E-state index contributed by atoms with van der Waals surface area (Å²) in [7, 11) is 1.61. The third-order valence-electron chi connectivity index (χ3n) is 2.18. The van der Waals surface area contributed by atoms with Crippen LogP contribution in [0, 0.1) is 5.82 Å². The topological polar surface area (TPSA) is 44.2 Å². The van der Waals surface area contributed by atoms with Gasteiger partial charge in [-0.1, -0.05) is 0 Å². The summed E-state index contributed by atoms with van der Waals surface area (Å²) < 4.78 is 23.5. The number of aromatic nitrogens is 2. The number of ether oxygens (including phenoxy) is 2. The lowest BCUT2D eigenvalue weighted by molar-refractivity contribution is 0.00471. The normalized spacial score (nSPS) is 11.6. The Bertz CT molecular complexity index is 361. The second-order valence-electron chi connectivity index (χ2n) is 3.85. The first kappa shape index (κ1) is 13.1. The van der Waals surface area contributed by atoms with Crippen LogP contribution >= 0.6 is 11.6 Å². The molecule has 0 unspecified atom stereocenters. The summed E-state index contributed by atoms with van der Waals surface area (Å²) in [6, 6.07) is 0. The number of hydrogen-bond donors (Lipinski definition) is 0. The van der Waals surface area contributed by atoms with Crippen molar-refractivity contribution in [2.24, 2.45) is 0 Å². The van der Waals surface area contributed by atoms with Crippen LogP contribution in [-0.4, -0.2) is 29.3 Å². The average Bonchev–Trinajstić information content (AvgIpc) is 2.23. The molecule has 6 heteroatoms. The molecule has 0 aliphatic rings. The number of methoxy groups -OCH3 is 1. The van der Waals surface area contributed by atoms with Crippen molar-refractivity contribution < 1.29 is 13.9 Å². The molecule has 1 aromatic heterocycles. The van der Waals surface area contributed by atoms with Crippen LogP contribution in [0.4, 0.5) is 4.39 Å². The van der Waals surface area contributed by atoms with Crippen LogP contribution in [0.15, 0.2) is 6.20 Å². The zero-order valence-electron chi connectivity index (χ0n) is 9.46. The Hall–Kier alpha value is -0.940. The Labute approximate surface area is 98.8 Å². The van der Waals surface area contributed by atoms with Gasteiger partial charge in [0, 0.05) is 13.5 Å². The largest absolute Gasteiger partial charge is 0.475 e. The third-order valence-corrected chi connectivity index (χ3v) is 2.36. The van der Waals surface area contributed by atoms with Crippen molar-refractivity contribution in [3.63, 3.8) is 0 Å². The van der Waals surface area contributed by atoms with Gasteiger partial charge in [0.25, 0.3) is 5.88 Å². The quantitative estimate of drug-likeness (QED) is 0.751. The van der Waals surface area contributed by atoms with E-state index in [9.17, 15) is 4.39 Å². The van der Waals surface area contributed by atoms with Crippen LogP contribution in [0.25, 0.3) is 0 Å². The SMILES string of the molecule is COC(C)(C)CCOc1nc(Cl)ncc1F. The van der Waals surface area contributed by atoms with E-state index in [1.165, 1.54) is 0 Å². The Morgan fingerprint density at radius 3 is 2.81 bits per heavy atom. The molecule has 0 bridgehead atoms. The Kier molecular flexibility index (Phi) is 4.44. The predicted octanol–water partition coefficient (Wildman–Crippen LogP) is 2.46. The Morgan fingerprint density at radius 2 is 2.19 bits per heavy atom. The summed E-state index contributed by atoms with van der Waals surface area (Å²) in [6.45, 7) is 4.13. The van der Waals surface area contributed by atoms with Gasteiger partial charge in [0.1, 0.15) is 0 Å². The van der Waals surface area contributed by atoms with Gasteiger partial charge in [-0.15, -0.1) is 0 Å². The first-order chi connectivity index (χ1) is 7.44. The van der Waals surface area contributed by atoms with Gasteiger partial charge in [0.2, 0.25) is 11.1 Å². The summed E-state index contributed by atoms with van der Waals surface area (Å²) in [5, 5.41) is -0.0394. The van der Waals surface area contributed by atoms with Crippen LogP contribution < -0.4 is 4.74 Å². The van der Waals surface area contributed by atoms with E-state index in [1.54, 1.807) is 7.11 Å². The molecule has 4 nitrogen and oxygen atoms in total. The van der Waals surface area contributed by atoms with Crippen molar-refractivity contribution in [2.75, 3.05) is 13.7 Å². The molecule has 1 heterocycles. The molecule has 0 N–H and O–H groups in total. The fraction of sp³-hybridized carbons (Fsp3) is 0.600. The summed E-state index contributed by atoms with van der Waals surface area (Å²) in [5.74, 6) is -0.758. The molecule has 0 aliphatic carbocycles. The van der Waals surface area contributed by atoms with Crippen molar-refractivity contribution >= 4 is 11.6 Å². The molecule has 0 atom stereocenters. The van der Waals surface area contributed by atoms with Crippen LogP contribution in [0.1, 0.15) is 20.3 Å². The lowest BCUT2D eigenvalue weighted by Gasteiger charge is -2.22. The molecule has 1 aromatic rings. The van der Waals surface area contributed by atoms with Crippen molar-refractivity contribution in [3.05, 3.63) is 17.3 Å². The van der Waals surface area contributed by atoms with E-state index in [4.69, 9.17) is 21.1 Å². The van der Waals surface area contributed by atoms with Crippen molar-refractivity contribution in [3.8, 4) is 5.88 Å². The van der Waals surface area contributed by atoms with Crippen LogP contribution in [0.3, 0.4) is 0 Å². The lowest BCUT2D eigenvalue weighted by atomic mass is 10.1. The number of hydrogen-bond acceptors (Lipinski definition) is 4. The van der Waals surface area contributed by atoms with E-state index < -0.39 is 5.82 Å². The maximum Gasteiger partial charge on any atom is 0.254 e. The minimum absolute atomic E-state index is 0.0394. The van der Waals surface area contributed by atoms with Gasteiger partial charge >= 0.3 is 0 Å². The molecular formula is C10H14ClFN2O2. The maximum absolute atomic E-state index is 13.1. The van der Waals surface area contributed by atoms with E-state index in [-0.39, 0.29) is 16.8 Å². The van der Waals surface area contributed by atoms with E-state index in [0.29, 0.717) is 13.0 Å². The molecule has 0 spiro atoms. The van der Waals surface area contributed by atoms with Crippen molar-refractivity contribution in [1.82, 2.24) is 9.97 Å². The highest BCUT2D eigenvalue weighted by atomic mass is 35.5. The van der Waals surface area contributed by atoms with Gasteiger partial charge < -0.3 is 9.47 Å². The fourth-order valence-electron chi connectivity index (χ4n) is 0.928. The predicted molar refractivity (Wildman–Crippen MR) is 58.2 cm³/mol. The van der Waals surface area contributed by atoms with E-state index in [0.717, 1.165) is 6.20 Å². The van der Waals surface area contributed by atoms with Crippen molar-refractivity contribution in [1.29, 1.82) is 0 Å². The molecule has 90 valence electrons. The molecule has 0 aliphatic heterocycles. The van der Waals surface area contributed by atoms with Crippen LogP contribution in [-0.2, 0) is 4.74 Å². The summed E-state index contributed by atoms with van der Waals surface area (Å²) in [5.41, 5.74) is -0.312. The fourth-order valence-corrected chi connectivity index (χ4v) is 1.05. The maximum atomic E-state index is 13.1. The van der Waals surface area contributed by atoms with E-state index in [1.807, 2.05) is 13.8 Å². The molecule has 0 fully saturated rings. The van der Waals surface area contributed by atoms with Crippen molar-refractivity contribution in [2.45, 2.75) is 25.9 Å². The average molecular weight is 249 g/mol. The lowest BCUT2D eigenvalue weighted by Crippen LogP contribution is -2.25. The van der Waals surface area contributed by atoms with Crippen LogP contribution in [0.2, 0.25) is 5.28 Å². The zero-order valence-corrected chi connectivity index (χ0v) is 10.2. The van der Waals surface area contributed by atoms with Gasteiger partial charge in [-0.25, -0.2) is 4.98 Å². The van der Waals surface area contributed by atoms with E-state index >= 15 is 0 Å². The standard InChI is InChI=1S/C10H14ClFN2O2/c1-10(2,15-3)4-5-16-8-7(12)6-13-9(11)14-8/h6H,4-5H2,1-3H3. The van der Waals surface area contributed by atoms with Gasteiger partial charge in [-0.05, 0) is 25.4 Å². The number of nitrogens with zero attached hydrogens (tertiary/aromatic N) is 2. The number of halogens is 2. The molecule has 0 radical (unpaired) electrons. The second-order valence-corrected chi connectivity index (χ2v) is 4.19. The van der Waals surface area contributed by atoms with Gasteiger partial charge in [-0.2, -0.15) is 9.37 Å². The Morgan fingerprint density at radius 1 is 1.50 bits per heavy atom.